The number of hydrogen-bond acceptors (Lipinski definition) is 6. The predicted molar refractivity (Wildman–Crippen MR) is 118 cm³/mol. The Kier molecular flexibility index (Phi) is 6.52. The number of likely N-dealkylation sites (tertiary alicyclic amines) is 1. The lowest BCUT2D eigenvalue weighted by molar-refractivity contribution is -0.137. The number of hydrogen-bond donors (Lipinski definition) is 2. The molecule has 0 radical (unpaired) electrons. The molecule has 0 bridgehead atoms. The van der Waals surface area contributed by atoms with Crippen molar-refractivity contribution in [3.63, 3.8) is 0 Å². The van der Waals surface area contributed by atoms with Crippen LogP contribution in [0.15, 0.2) is 36.5 Å². The Bertz CT molecular complexity index is 1270. The molecule has 1 aliphatic heterocycles. The van der Waals surface area contributed by atoms with E-state index in [0.717, 1.165) is 18.2 Å². The van der Waals surface area contributed by atoms with Crippen LogP contribution in [0, 0.1) is 6.92 Å². The lowest BCUT2D eigenvalue weighted by atomic mass is 10.1. The minimum Gasteiger partial charge on any atom is -0.389 e. The first-order valence-electron chi connectivity index (χ1n) is 10.5. The number of nitrogens with one attached hydrogen (secondary N) is 1. The summed E-state index contributed by atoms with van der Waals surface area (Å²) in [5, 5.41) is 16.0. The average Bonchev–Trinajstić information content (AvgIpc) is 3.17. The molecule has 2 aromatic heterocycles. The number of amides is 2. The van der Waals surface area contributed by atoms with Crippen LogP contribution in [0.2, 0.25) is 5.02 Å². The maximum atomic E-state index is 13.1. The molecule has 0 unspecified atom stereocenters. The van der Waals surface area contributed by atoms with Gasteiger partial charge in [0, 0.05) is 29.9 Å². The normalized spacial score (nSPS) is 15.0. The Morgan fingerprint density at radius 3 is 2.51 bits per heavy atom. The number of β-amino-alcohol motifs (C(OH)–C–C–N with tert-alkyl or cyclic N) is 1. The fourth-order valence-electron chi connectivity index (χ4n) is 3.55. The molecule has 1 aliphatic rings. The smallest absolute Gasteiger partial charge is 0.389 e. The SMILES string of the molecule is Cc1nc([C@H](C)NC(=O)c2cc(Cl)cc(C(F)(F)F)c2)n(-c2ccc(C(=O)N3CC(O)C3)cn2)n1. The van der Waals surface area contributed by atoms with Crippen LogP contribution in [0.25, 0.3) is 5.82 Å². The second-order valence-corrected chi connectivity index (χ2v) is 8.56. The third kappa shape index (κ3) is 5.28. The molecular weight excluding hydrogens is 489 g/mol. The molecule has 3 heterocycles. The number of aliphatic hydroxyl groups is 1. The number of aliphatic hydroxyl groups excluding tert-OH is 1. The molecular formula is C22H20ClF3N6O3. The minimum absolute atomic E-state index is 0.219. The zero-order valence-corrected chi connectivity index (χ0v) is 19.3. The molecule has 4 rings (SSSR count). The van der Waals surface area contributed by atoms with Gasteiger partial charge in [0.1, 0.15) is 5.82 Å². The van der Waals surface area contributed by atoms with E-state index in [4.69, 9.17) is 11.6 Å². The molecule has 1 atom stereocenters. The number of aromatic nitrogens is 4. The van der Waals surface area contributed by atoms with Gasteiger partial charge in [0.25, 0.3) is 11.8 Å². The Balaban J connectivity index is 1.54. The van der Waals surface area contributed by atoms with Crippen molar-refractivity contribution in [2.75, 3.05) is 13.1 Å². The summed E-state index contributed by atoms with van der Waals surface area (Å²) in [6.45, 7) is 3.76. The molecule has 3 aromatic rings. The van der Waals surface area contributed by atoms with Gasteiger partial charge in [0.05, 0.1) is 23.3 Å². The Morgan fingerprint density at radius 1 is 1.20 bits per heavy atom. The van der Waals surface area contributed by atoms with Crippen LogP contribution in [0.1, 0.15) is 50.9 Å². The van der Waals surface area contributed by atoms with Gasteiger partial charge in [-0.15, -0.1) is 5.10 Å². The van der Waals surface area contributed by atoms with E-state index in [1.54, 1.807) is 26.0 Å². The number of benzene rings is 1. The van der Waals surface area contributed by atoms with E-state index in [9.17, 15) is 27.9 Å². The summed E-state index contributed by atoms with van der Waals surface area (Å²) in [4.78, 5) is 35.1. The second-order valence-electron chi connectivity index (χ2n) is 8.12. The lowest BCUT2D eigenvalue weighted by Gasteiger charge is -2.35. The van der Waals surface area contributed by atoms with Crippen molar-refractivity contribution in [2.24, 2.45) is 0 Å². The highest BCUT2D eigenvalue weighted by atomic mass is 35.5. The average molecular weight is 509 g/mol. The van der Waals surface area contributed by atoms with E-state index >= 15 is 0 Å². The second kappa shape index (κ2) is 9.27. The molecule has 1 fully saturated rings. The molecule has 0 aliphatic carbocycles. The van der Waals surface area contributed by atoms with Crippen molar-refractivity contribution in [1.29, 1.82) is 0 Å². The fraction of sp³-hybridized carbons (Fsp3) is 0.318. The number of aryl methyl sites for hydroxylation is 1. The van der Waals surface area contributed by atoms with Crippen molar-refractivity contribution >= 4 is 23.4 Å². The van der Waals surface area contributed by atoms with Gasteiger partial charge < -0.3 is 15.3 Å². The Hall–Kier alpha value is -3.51. The quantitative estimate of drug-likeness (QED) is 0.548. The van der Waals surface area contributed by atoms with Crippen molar-refractivity contribution in [3.8, 4) is 5.82 Å². The summed E-state index contributed by atoms with van der Waals surface area (Å²) in [5.41, 5.74) is -0.952. The van der Waals surface area contributed by atoms with Crippen molar-refractivity contribution in [1.82, 2.24) is 30.0 Å². The van der Waals surface area contributed by atoms with E-state index in [1.807, 2.05) is 0 Å². The van der Waals surface area contributed by atoms with Crippen molar-refractivity contribution in [3.05, 3.63) is 69.9 Å². The van der Waals surface area contributed by atoms with Crippen LogP contribution in [-0.2, 0) is 6.18 Å². The number of rotatable bonds is 5. The third-order valence-corrected chi connectivity index (χ3v) is 5.54. The van der Waals surface area contributed by atoms with E-state index < -0.39 is 29.8 Å². The molecule has 0 spiro atoms. The van der Waals surface area contributed by atoms with Crippen molar-refractivity contribution < 1.29 is 27.9 Å². The Morgan fingerprint density at radius 2 is 1.91 bits per heavy atom. The molecule has 9 nitrogen and oxygen atoms in total. The maximum absolute atomic E-state index is 13.1. The number of carbonyl (C=O) groups excluding carboxylic acids is 2. The lowest BCUT2D eigenvalue weighted by Crippen LogP contribution is -2.53. The number of halogens is 4. The topological polar surface area (TPSA) is 113 Å². The van der Waals surface area contributed by atoms with Gasteiger partial charge in [-0.1, -0.05) is 11.6 Å². The molecule has 35 heavy (non-hydrogen) atoms. The minimum atomic E-state index is -4.66. The van der Waals surface area contributed by atoms with Gasteiger partial charge in [-0.25, -0.2) is 9.97 Å². The standard InChI is InChI=1S/C22H20ClF3N6O3/c1-11(28-20(34)14-5-15(22(24,25)26)7-16(23)6-14)19-29-12(2)30-32(19)18-4-3-13(8-27-18)21(35)31-9-17(33)10-31/h3-8,11,17,33H,9-10H2,1-2H3,(H,28,34)/t11-/m0/s1. The molecule has 0 saturated carbocycles. The Labute approximate surface area is 202 Å². The predicted octanol–water partition coefficient (Wildman–Crippen LogP) is 2.95. The molecule has 1 saturated heterocycles. The maximum Gasteiger partial charge on any atom is 0.416 e. The van der Waals surface area contributed by atoms with E-state index in [0.29, 0.717) is 17.2 Å². The van der Waals surface area contributed by atoms with Gasteiger partial charge >= 0.3 is 6.18 Å². The van der Waals surface area contributed by atoms with E-state index in [2.05, 4.69) is 20.4 Å². The highest BCUT2D eigenvalue weighted by Gasteiger charge is 2.32. The number of pyridine rings is 1. The van der Waals surface area contributed by atoms with E-state index in [1.165, 1.54) is 15.8 Å². The molecule has 2 N–H and O–H groups in total. The summed E-state index contributed by atoms with van der Waals surface area (Å²) < 4.78 is 40.7. The summed E-state index contributed by atoms with van der Waals surface area (Å²) >= 11 is 5.78. The number of alkyl halides is 3. The van der Waals surface area contributed by atoms with Crippen LogP contribution >= 0.6 is 11.6 Å². The van der Waals surface area contributed by atoms with Gasteiger partial charge in [0.15, 0.2) is 11.6 Å². The first-order valence-corrected chi connectivity index (χ1v) is 10.9. The fourth-order valence-corrected chi connectivity index (χ4v) is 3.79. The first kappa shape index (κ1) is 24.6. The zero-order valence-electron chi connectivity index (χ0n) is 18.5. The van der Waals surface area contributed by atoms with Gasteiger partial charge in [-0.3, -0.25) is 9.59 Å². The zero-order chi connectivity index (χ0) is 25.5. The van der Waals surface area contributed by atoms with Gasteiger partial charge in [-0.2, -0.15) is 17.9 Å². The summed E-state index contributed by atoms with van der Waals surface area (Å²) in [5.74, 6) is -0.0526. The first-order chi connectivity index (χ1) is 16.4. The number of carbonyl (C=O) groups is 2. The van der Waals surface area contributed by atoms with Gasteiger partial charge in [0.2, 0.25) is 0 Å². The molecule has 1 aromatic carbocycles. The summed E-state index contributed by atoms with van der Waals surface area (Å²) in [6, 6.07) is 4.96. The third-order valence-electron chi connectivity index (χ3n) is 5.32. The summed E-state index contributed by atoms with van der Waals surface area (Å²) in [6.07, 6.45) is -3.80. The summed E-state index contributed by atoms with van der Waals surface area (Å²) in [7, 11) is 0. The molecule has 13 heteroatoms. The van der Waals surface area contributed by atoms with Crippen LogP contribution in [0.4, 0.5) is 13.2 Å². The molecule has 2 amide bonds. The van der Waals surface area contributed by atoms with Crippen molar-refractivity contribution in [2.45, 2.75) is 32.2 Å². The molecule has 184 valence electrons. The number of nitrogens with zero attached hydrogens (tertiary/aromatic N) is 5. The van der Waals surface area contributed by atoms with Crippen LogP contribution in [-0.4, -0.2) is 60.8 Å². The van der Waals surface area contributed by atoms with Crippen LogP contribution in [0.5, 0.6) is 0 Å². The van der Waals surface area contributed by atoms with E-state index in [-0.39, 0.29) is 35.4 Å². The van der Waals surface area contributed by atoms with Gasteiger partial charge in [-0.05, 0) is 44.2 Å². The largest absolute Gasteiger partial charge is 0.416 e. The highest BCUT2D eigenvalue weighted by Crippen LogP contribution is 2.32. The van der Waals surface area contributed by atoms with Crippen LogP contribution < -0.4 is 5.32 Å². The van der Waals surface area contributed by atoms with Crippen LogP contribution in [0.3, 0.4) is 0 Å². The highest BCUT2D eigenvalue weighted by molar-refractivity contribution is 6.31. The monoisotopic (exact) mass is 508 g/mol.